The standard InChI is InChI=1S/C23H33N5O2S/c1-7-26(8-2)13-14-27(22(29)18-15-17(6)25-28(18)16(4)5)23-24-21-19(30-9-3)11-10-12-20(21)31-23/h10-12,15-16H,7-9,13-14H2,1-6H3. The first-order valence-corrected chi connectivity index (χ1v) is 11.8. The number of carbonyl (C=O) groups excluding carboxylic acids is 1. The van der Waals surface area contributed by atoms with Crippen LogP contribution in [0.4, 0.5) is 5.13 Å². The van der Waals surface area contributed by atoms with Gasteiger partial charge in [0, 0.05) is 19.1 Å². The molecule has 0 radical (unpaired) electrons. The first-order chi connectivity index (χ1) is 14.9. The minimum atomic E-state index is -0.0709. The smallest absolute Gasteiger partial charge is 0.278 e. The number of rotatable bonds is 10. The van der Waals surface area contributed by atoms with Gasteiger partial charge in [-0.25, -0.2) is 4.98 Å². The quantitative estimate of drug-likeness (QED) is 0.452. The summed E-state index contributed by atoms with van der Waals surface area (Å²) in [4.78, 5) is 22.7. The first kappa shape index (κ1) is 23.2. The van der Waals surface area contributed by atoms with E-state index in [1.807, 2.05) is 52.0 Å². The lowest BCUT2D eigenvalue weighted by atomic mass is 10.3. The lowest BCUT2D eigenvalue weighted by Crippen LogP contribution is -2.39. The van der Waals surface area contributed by atoms with E-state index in [1.54, 1.807) is 9.58 Å². The number of amides is 1. The van der Waals surface area contributed by atoms with Gasteiger partial charge in [0.1, 0.15) is 17.0 Å². The Bertz CT molecular complexity index is 1020. The molecular formula is C23H33N5O2S. The van der Waals surface area contributed by atoms with E-state index < -0.39 is 0 Å². The second-order valence-electron chi connectivity index (χ2n) is 7.73. The van der Waals surface area contributed by atoms with Gasteiger partial charge in [0.2, 0.25) is 0 Å². The van der Waals surface area contributed by atoms with E-state index in [2.05, 4.69) is 23.8 Å². The summed E-state index contributed by atoms with van der Waals surface area (Å²) in [5, 5.41) is 5.23. The van der Waals surface area contributed by atoms with Crippen LogP contribution in [0.2, 0.25) is 0 Å². The molecule has 0 fully saturated rings. The van der Waals surface area contributed by atoms with Crippen molar-refractivity contribution >= 4 is 32.6 Å². The van der Waals surface area contributed by atoms with Crippen molar-refractivity contribution in [1.29, 1.82) is 0 Å². The molecule has 2 aromatic heterocycles. The maximum atomic E-state index is 13.7. The molecule has 0 aliphatic carbocycles. The lowest BCUT2D eigenvalue weighted by Gasteiger charge is -2.25. The molecule has 1 amide bonds. The molecule has 168 valence electrons. The van der Waals surface area contributed by atoms with Crippen LogP contribution in [0.1, 0.15) is 56.8 Å². The second-order valence-corrected chi connectivity index (χ2v) is 8.73. The van der Waals surface area contributed by atoms with Crippen molar-refractivity contribution in [2.45, 2.75) is 47.6 Å². The van der Waals surface area contributed by atoms with Crippen molar-refractivity contribution in [3.05, 3.63) is 35.7 Å². The predicted octanol–water partition coefficient (Wildman–Crippen LogP) is 4.77. The van der Waals surface area contributed by atoms with Gasteiger partial charge in [0.05, 0.1) is 17.0 Å². The second kappa shape index (κ2) is 10.2. The third kappa shape index (κ3) is 5.07. The summed E-state index contributed by atoms with van der Waals surface area (Å²) < 4.78 is 8.58. The maximum Gasteiger partial charge on any atom is 0.278 e. The monoisotopic (exact) mass is 443 g/mol. The summed E-state index contributed by atoms with van der Waals surface area (Å²) in [5.41, 5.74) is 2.23. The molecule has 0 spiro atoms. The average molecular weight is 444 g/mol. The van der Waals surface area contributed by atoms with Gasteiger partial charge in [-0.15, -0.1) is 0 Å². The highest BCUT2D eigenvalue weighted by Crippen LogP contribution is 2.35. The Morgan fingerprint density at radius 3 is 2.58 bits per heavy atom. The molecule has 3 rings (SSSR count). The predicted molar refractivity (Wildman–Crippen MR) is 128 cm³/mol. The highest BCUT2D eigenvalue weighted by molar-refractivity contribution is 7.22. The van der Waals surface area contributed by atoms with Crippen LogP contribution in [0, 0.1) is 6.92 Å². The Hall–Kier alpha value is -2.45. The number of para-hydroxylation sites is 1. The van der Waals surface area contributed by atoms with Crippen LogP contribution >= 0.6 is 11.3 Å². The molecule has 0 aliphatic rings. The number of hydrogen-bond donors (Lipinski definition) is 0. The van der Waals surface area contributed by atoms with E-state index in [1.165, 1.54) is 11.3 Å². The van der Waals surface area contributed by atoms with Gasteiger partial charge < -0.3 is 9.64 Å². The summed E-state index contributed by atoms with van der Waals surface area (Å²) >= 11 is 1.52. The van der Waals surface area contributed by atoms with Crippen molar-refractivity contribution < 1.29 is 9.53 Å². The van der Waals surface area contributed by atoms with E-state index in [0.29, 0.717) is 24.0 Å². The summed E-state index contributed by atoms with van der Waals surface area (Å²) in [6.07, 6.45) is 0. The van der Waals surface area contributed by atoms with Gasteiger partial charge in [-0.1, -0.05) is 31.3 Å². The van der Waals surface area contributed by atoms with Crippen molar-refractivity contribution in [2.24, 2.45) is 0 Å². The maximum absolute atomic E-state index is 13.7. The number of nitrogens with zero attached hydrogens (tertiary/aromatic N) is 5. The summed E-state index contributed by atoms with van der Waals surface area (Å²) in [5.74, 6) is 0.681. The van der Waals surface area contributed by atoms with Crippen molar-refractivity contribution in [3.63, 3.8) is 0 Å². The zero-order chi connectivity index (χ0) is 22.5. The minimum absolute atomic E-state index is 0.0709. The number of aromatic nitrogens is 3. The number of fused-ring (bicyclic) bond motifs is 1. The molecule has 0 saturated heterocycles. The topological polar surface area (TPSA) is 63.5 Å². The zero-order valence-electron chi connectivity index (χ0n) is 19.4. The molecule has 2 heterocycles. The van der Waals surface area contributed by atoms with Gasteiger partial charge >= 0.3 is 0 Å². The van der Waals surface area contributed by atoms with E-state index in [-0.39, 0.29) is 11.9 Å². The largest absolute Gasteiger partial charge is 0.492 e. The molecule has 31 heavy (non-hydrogen) atoms. The Morgan fingerprint density at radius 2 is 1.94 bits per heavy atom. The fourth-order valence-electron chi connectivity index (χ4n) is 3.57. The molecule has 0 bridgehead atoms. The molecular weight excluding hydrogens is 410 g/mol. The normalized spacial score (nSPS) is 11.6. The van der Waals surface area contributed by atoms with Crippen LogP contribution in [-0.2, 0) is 0 Å². The van der Waals surface area contributed by atoms with Crippen LogP contribution in [0.5, 0.6) is 5.75 Å². The van der Waals surface area contributed by atoms with E-state index in [9.17, 15) is 4.79 Å². The molecule has 7 nitrogen and oxygen atoms in total. The first-order valence-electron chi connectivity index (χ1n) is 11.0. The van der Waals surface area contributed by atoms with Gasteiger partial charge in [-0.3, -0.25) is 14.4 Å². The highest BCUT2D eigenvalue weighted by atomic mass is 32.1. The number of hydrogen-bond acceptors (Lipinski definition) is 6. The van der Waals surface area contributed by atoms with Crippen LogP contribution in [0.3, 0.4) is 0 Å². The average Bonchev–Trinajstić information content (AvgIpc) is 3.35. The van der Waals surface area contributed by atoms with E-state index in [0.717, 1.165) is 41.3 Å². The number of anilines is 1. The van der Waals surface area contributed by atoms with Gasteiger partial charge in [0.25, 0.3) is 5.91 Å². The third-order valence-electron chi connectivity index (χ3n) is 5.25. The zero-order valence-corrected chi connectivity index (χ0v) is 20.2. The minimum Gasteiger partial charge on any atom is -0.492 e. The van der Waals surface area contributed by atoms with Gasteiger partial charge in [-0.2, -0.15) is 5.10 Å². The summed E-state index contributed by atoms with van der Waals surface area (Å²) in [6.45, 7) is 16.0. The van der Waals surface area contributed by atoms with Crippen LogP contribution in [0.15, 0.2) is 24.3 Å². The molecule has 0 unspecified atom stereocenters. The summed E-state index contributed by atoms with van der Waals surface area (Å²) in [6, 6.07) is 7.88. The fourth-order valence-corrected chi connectivity index (χ4v) is 4.58. The number of benzene rings is 1. The molecule has 0 aliphatic heterocycles. The Morgan fingerprint density at radius 1 is 1.19 bits per heavy atom. The molecule has 1 aromatic carbocycles. The van der Waals surface area contributed by atoms with E-state index in [4.69, 9.17) is 9.72 Å². The van der Waals surface area contributed by atoms with Crippen molar-refractivity contribution in [2.75, 3.05) is 37.7 Å². The molecule has 3 aromatic rings. The number of ether oxygens (including phenoxy) is 1. The summed E-state index contributed by atoms with van der Waals surface area (Å²) in [7, 11) is 0. The lowest BCUT2D eigenvalue weighted by molar-refractivity contribution is 0.0971. The number of carbonyl (C=O) groups is 1. The number of likely N-dealkylation sites (N-methyl/N-ethyl adjacent to an activating group) is 1. The SMILES string of the molecule is CCOc1cccc2sc(N(CCN(CC)CC)C(=O)c3cc(C)nn3C(C)C)nc12. The van der Waals surface area contributed by atoms with Gasteiger partial charge in [0.15, 0.2) is 5.13 Å². The van der Waals surface area contributed by atoms with Crippen LogP contribution in [0.25, 0.3) is 10.2 Å². The Balaban J connectivity index is 2.03. The third-order valence-corrected chi connectivity index (χ3v) is 6.29. The molecule has 0 N–H and O–H groups in total. The fraction of sp³-hybridized carbons (Fsp3) is 0.522. The van der Waals surface area contributed by atoms with Crippen molar-refractivity contribution in [1.82, 2.24) is 19.7 Å². The molecule has 8 heteroatoms. The van der Waals surface area contributed by atoms with Crippen LogP contribution in [-0.4, -0.2) is 58.4 Å². The van der Waals surface area contributed by atoms with Crippen molar-refractivity contribution in [3.8, 4) is 5.75 Å². The molecule has 0 atom stereocenters. The molecule has 0 saturated carbocycles. The Kier molecular flexibility index (Phi) is 7.67. The number of thiazole rings is 1. The number of aryl methyl sites for hydroxylation is 1. The van der Waals surface area contributed by atoms with Crippen LogP contribution < -0.4 is 9.64 Å². The highest BCUT2D eigenvalue weighted by Gasteiger charge is 2.26. The van der Waals surface area contributed by atoms with E-state index >= 15 is 0 Å². The van der Waals surface area contributed by atoms with Gasteiger partial charge in [-0.05, 0) is 59.0 Å². The Labute approximate surface area is 188 Å².